The third-order valence-electron chi connectivity index (χ3n) is 4.50. The number of benzene rings is 3. The molecule has 0 aromatic heterocycles. The van der Waals surface area contributed by atoms with Crippen molar-refractivity contribution in [3.63, 3.8) is 0 Å². The first-order chi connectivity index (χ1) is 12.2. The van der Waals surface area contributed by atoms with E-state index in [9.17, 15) is 0 Å². The fourth-order valence-electron chi connectivity index (χ4n) is 3.03. The van der Waals surface area contributed by atoms with Crippen LogP contribution < -0.4 is 0 Å². The van der Waals surface area contributed by atoms with Crippen molar-refractivity contribution in [1.82, 2.24) is 0 Å². The Labute approximate surface area is 150 Å². The fourth-order valence-corrected chi connectivity index (χ4v) is 3.03. The first-order valence-corrected chi connectivity index (χ1v) is 8.86. The molecule has 0 N–H and O–H groups in total. The van der Waals surface area contributed by atoms with Gasteiger partial charge in [0.05, 0.1) is 11.6 Å². The topological polar surface area (TPSA) is 23.8 Å². The van der Waals surface area contributed by atoms with Gasteiger partial charge in [0.1, 0.15) is 0 Å². The molecule has 0 saturated heterocycles. The summed E-state index contributed by atoms with van der Waals surface area (Å²) in [5.74, 6) is 0.707. The van der Waals surface area contributed by atoms with Gasteiger partial charge in [-0.05, 0) is 58.7 Å². The number of nitriles is 1. The predicted octanol–water partition coefficient (Wildman–Crippen LogP) is 6.48. The quantitative estimate of drug-likeness (QED) is 0.526. The summed E-state index contributed by atoms with van der Waals surface area (Å²) in [6, 6.07) is 27.4. The highest BCUT2D eigenvalue weighted by atomic mass is 14.2. The number of rotatable bonds is 5. The second kappa shape index (κ2) is 7.81. The van der Waals surface area contributed by atoms with Crippen LogP contribution in [0, 0.1) is 17.2 Å². The normalized spacial score (nSPS) is 10.6. The molecule has 3 aromatic rings. The highest BCUT2D eigenvalue weighted by Gasteiger charge is 2.09. The molecular formula is C24H23N. The third-order valence-corrected chi connectivity index (χ3v) is 4.50. The maximum atomic E-state index is 9.02. The van der Waals surface area contributed by atoms with Crippen molar-refractivity contribution >= 4 is 0 Å². The number of hydrogen-bond donors (Lipinski definition) is 0. The maximum absolute atomic E-state index is 9.02. The van der Waals surface area contributed by atoms with Gasteiger partial charge in [0.25, 0.3) is 0 Å². The van der Waals surface area contributed by atoms with Gasteiger partial charge in [-0.15, -0.1) is 0 Å². The van der Waals surface area contributed by atoms with Crippen LogP contribution in [-0.2, 0) is 6.42 Å². The summed E-state index contributed by atoms with van der Waals surface area (Å²) >= 11 is 0. The van der Waals surface area contributed by atoms with E-state index in [-0.39, 0.29) is 0 Å². The zero-order valence-electron chi connectivity index (χ0n) is 14.9. The summed E-state index contributed by atoms with van der Waals surface area (Å²) in [5.41, 5.74) is 6.92. The number of nitrogens with zero attached hydrogens (tertiary/aromatic N) is 1. The van der Waals surface area contributed by atoms with Crippen LogP contribution in [0.25, 0.3) is 22.3 Å². The lowest BCUT2D eigenvalue weighted by molar-refractivity contribution is 0.587. The monoisotopic (exact) mass is 325 g/mol. The van der Waals surface area contributed by atoms with Gasteiger partial charge >= 0.3 is 0 Å². The van der Waals surface area contributed by atoms with Crippen LogP contribution >= 0.6 is 0 Å². The van der Waals surface area contributed by atoms with Crippen LogP contribution in [0.2, 0.25) is 0 Å². The van der Waals surface area contributed by atoms with Gasteiger partial charge in [-0.3, -0.25) is 0 Å². The van der Waals surface area contributed by atoms with Crippen molar-refractivity contribution in [3.8, 4) is 28.3 Å². The van der Waals surface area contributed by atoms with E-state index in [4.69, 9.17) is 5.26 Å². The molecule has 0 bridgehead atoms. The minimum atomic E-state index is 0.693. The van der Waals surface area contributed by atoms with Crippen molar-refractivity contribution in [1.29, 1.82) is 5.26 Å². The Kier molecular flexibility index (Phi) is 5.31. The van der Waals surface area contributed by atoms with Gasteiger partial charge in [-0.1, -0.05) is 74.5 Å². The molecule has 0 spiro atoms. The molecule has 0 aliphatic carbocycles. The molecule has 0 aliphatic rings. The van der Waals surface area contributed by atoms with E-state index in [2.05, 4.69) is 62.4 Å². The molecule has 0 fully saturated rings. The minimum Gasteiger partial charge on any atom is -0.192 e. The Balaban J connectivity index is 2.05. The first-order valence-electron chi connectivity index (χ1n) is 8.86. The van der Waals surface area contributed by atoms with Crippen molar-refractivity contribution in [3.05, 3.63) is 83.9 Å². The molecule has 0 saturated carbocycles. The summed E-state index contributed by atoms with van der Waals surface area (Å²) in [7, 11) is 0. The standard InChI is InChI=1S/C24H23N/c1-18(2)8-9-19-12-15-23(22-13-10-20(17-25)11-14-22)24(16-19)21-6-4-3-5-7-21/h3-7,10-16,18H,8-9H2,1-2H3. The van der Waals surface area contributed by atoms with Crippen LogP contribution in [-0.4, -0.2) is 0 Å². The lowest BCUT2D eigenvalue weighted by Crippen LogP contribution is -1.94. The zero-order valence-corrected chi connectivity index (χ0v) is 14.9. The molecule has 0 heterocycles. The highest BCUT2D eigenvalue weighted by Crippen LogP contribution is 2.33. The van der Waals surface area contributed by atoms with E-state index >= 15 is 0 Å². The molecule has 0 amide bonds. The Morgan fingerprint density at radius 3 is 2.12 bits per heavy atom. The van der Waals surface area contributed by atoms with Gasteiger partial charge < -0.3 is 0 Å². The third kappa shape index (κ3) is 4.17. The average molecular weight is 325 g/mol. The summed E-state index contributed by atoms with van der Waals surface area (Å²) in [6.45, 7) is 4.53. The maximum Gasteiger partial charge on any atom is 0.0991 e. The molecular weight excluding hydrogens is 302 g/mol. The second-order valence-corrected chi connectivity index (χ2v) is 6.87. The van der Waals surface area contributed by atoms with Crippen molar-refractivity contribution in [2.45, 2.75) is 26.7 Å². The smallest absolute Gasteiger partial charge is 0.0991 e. The van der Waals surface area contributed by atoms with Gasteiger partial charge in [0.2, 0.25) is 0 Å². The fraction of sp³-hybridized carbons (Fsp3) is 0.208. The van der Waals surface area contributed by atoms with Gasteiger partial charge in [0, 0.05) is 0 Å². The predicted molar refractivity (Wildman–Crippen MR) is 105 cm³/mol. The molecule has 0 unspecified atom stereocenters. The Bertz CT molecular complexity index is 868. The molecule has 124 valence electrons. The van der Waals surface area contributed by atoms with E-state index in [1.54, 1.807) is 0 Å². The molecule has 1 nitrogen and oxygen atoms in total. The van der Waals surface area contributed by atoms with E-state index in [1.165, 1.54) is 28.7 Å². The molecule has 0 atom stereocenters. The summed E-state index contributed by atoms with van der Waals surface area (Å²) < 4.78 is 0. The Morgan fingerprint density at radius 2 is 1.48 bits per heavy atom. The SMILES string of the molecule is CC(C)CCc1ccc(-c2ccc(C#N)cc2)c(-c2ccccc2)c1. The van der Waals surface area contributed by atoms with Crippen molar-refractivity contribution in [2.75, 3.05) is 0 Å². The minimum absolute atomic E-state index is 0.693. The molecule has 25 heavy (non-hydrogen) atoms. The highest BCUT2D eigenvalue weighted by molar-refractivity contribution is 5.84. The first kappa shape index (κ1) is 17.0. The lowest BCUT2D eigenvalue weighted by Gasteiger charge is -2.14. The summed E-state index contributed by atoms with van der Waals surface area (Å²) in [6.07, 6.45) is 2.30. The summed E-state index contributed by atoms with van der Waals surface area (Å²) in [5, 5.41) is 9.02. The van der Waals surface area contributed by atoms with Crippen LogP contribution in [0.15, 0.2) is 72.8 Å². The van der Waals surface area contributed by atoms with Gasteiger partial charge in [0.15, 0.2) is 0 Å². The number of aryl methyl sites for hydroxylation is 1. The number of hydrogen-bond acceptors (Lipinski definition) is 1. The van der Waals surface area contributed by atoms with Crippen LogP contribution in [0.4, 0.5) is 0 Å². The molecule has 3 aromatic carbocycles. The van der Waals surface area contributed by atoms with Gasteiger partial charge in [-0.2, -0.15) is 5.26 Å². The Morgan fingerprint density at radius 1 is 0.800 bits per heavy atom. The van der Waals surface area contributed by atoms with Gasteiger partial charge in [-0.25, -0.2) is 0 Å². The lowest BCUT2D eigenvalue weighted by atomic mass is 9.91. The zero-order chi connectivity index (χ0) is 17.6. The molecule has 1 heteroatoms. The van der Waals surface area contributed by atoms with E-state index in [1.807, 2.05) is 30.3 Å². The Hall–Kier alpha value is -2.85. The average Bonchev–Trinajstić information content (AvgIpc) is 2.67. The van der Waals surface area contributed by atoms with E-state index < -0.39 is 0 Å². The van der Waals surface area contributed by atoms with Crippen LogP contribution in [0.5, 0.6) is 0 Å². The van der Waals surface area contributed by atoms with Crippen molar-refractivity contribution in [2.24, 2.45) is 5.92 Å². The molecule has 0 radical (unpaired) electrons. The van der Waals surface area contributed by atoms with E-state index in [0.717, 1.165) is 12.0 Å². The van der Waals surface area contributed by atoms with E-state index in [0.29, 0.717) is 11.5 Å². The van der Waals surface area contributed by atoms with Crippen LogP contribution in [0.3, 0.4) is 0 Å². The summed E-state index contributed by atoms with van der Waals surface area (Å²) in [4.78, 5) is 0. The second-order valence-electron chi connectivity index (χ2n) is 6.87. The molecule has 3 rings (SSSR count). The van der Waals surface area contributed by atoms with Crippen molar-refractivity contribution < 1.29 is 0 Å². The largest absolute Gasteiger partial charge is 0.192 e. The molecule has 0 aliphatic heterocycles. The van der Waals surface area contributed by atoms with Crippen LogP contribution in [0.1, 0.15) is 31.4 Å².